The van der Waals surface area contributed by atoms with Gasteiger partial charge in [0.15, 0.2) is 0 Å². The van der Waals surface area contributed by atoms with Crippen LogP contribution < -0.4 is 35.3 Å². The minimum atomic E-state index is -4.84. The molecule has 2 aromatic carbocycles. The summed E-state index contributed by atoms with van der Waals surface area (Å²) in [7, 11) is -9.53. The molecule has 0 radical (unpaired) electrons. The van der Waals surface area contributed by atoms with Crippen LogP contribution in [0.15, 0.2) is 40.1 Å². The molecule has 102 valence electrons. The molecule has 0 heterocycles. The summed E-state index contributed by atoms with van der Waals surface area (Å²) in [4.78, 5) is -1.41. The van der Waals surface area contributed by atoms with Gasteiger partial charge in [0.2, 0.25) is 0 Å². The first-order valence-electron chi connectivity index (χ1n) is 4.86. The topological polar surface area (TPSA) is 138 Å². The summed E-state index contributed by atoms with van der Waals surface area (Å²) in [6.07, 6.45) is 0. The quantitative estimate of drug-likeness (QED) is 0.356. The molecule has 2 rings (SSSR count). The molecule has 0 aliphatic heterocycles. The summed E-state index contributed by atoms with van der Waals surface area (Å²) in [6.45, 7) is 0. The summed E-state index contributed by atoms with van der Waals surface area (Å²) >= 11 is 0. The van der Waals surface area contributed by atoms with Crippen molar-refractivity contribution >= 4 is 36.7 Å². The molecule has 0 atom stereocenters. The summed E-state index contributed by atoms with van der Waals surface area (Å²) in [5.74, 6) is 0. The Balaban J connectivity index is 0.00000200. The minimum Gasteiger partial charge on any atom is -0.744 e. The number of fused-ring (bicyclic) bond motifs is 1. The first-order valence-corrected chi connectivity index (χ1v) is 7.70. The predicted molar refractivity (Wildman–Crippen MR) is 66.1 cm³/mol. The second kappa shape index (κ2) is 5.60. The van der Waals surface area contributed by atoms with E-state index in [0.717, 1.165) is 6.07 Å². The van der Waals surface area contributed by atoms with Gasteiger partial charge in [-0.15, -0.1) is 0 Å². The maximum absolute atomic E-state index is 11.3. The van der Waals surface area contributed by atoms with Crippen molar-refractivity contribution in [3.63, 3.8) is 0 Å². The molecule has 0 aliphatic carbocycles. The molecule has 0 aromatic heterocycles. The van der Waals surface area contributed by atoms with Crippen molar-refractivity contribution in [2.75, 3.05) is 5.73 Å². The van der Waals surface area contributed by atoms with Crippen LogP contribution in [0.5, 0.6) is 0 Å². The number of hydrogen-bond donors (Lipinski definition) is 2. The van der Waals surface area contributed by atoms with E-state index in [1.54, 1.807) is 0 Å². The SMILES string of the molecule is Nc1ccc2cc(S(=O)(=O)[O-])cc(S(=O)(=O)O)c2c1.[Na+]. The van der Waals surface area contributed by atoms with Gasteiger partial charge in [-0.2, -0.15) is 8.42 Å². The van der Waals surface area contributed by atoms with Crippen LogP contribution >= 0.6 is 0 Å². The zero-order valence-electron chi connectivity index (χ0n) is 10.3. The summed E-state index contributed by atoms with van der Waals surface area (Å²) < 4.78 is 64.5. The van der Waals surface area contributed by atoms with Crippen molar-refractivity contribution in [1.82, 2.24) is 0 Å². The van der Waals surface area contributed by atoms with Gasteiger partial charge in [0, 0.05) is 11.1 Å². The smallest absolute Gasteiger partial charge is 0.744 e. The largest absolute Gasteiger partial charge is 1.00 e. The molecule has 0 fully saturated rings. The Hall–Kier alpha value is -0.680. The van der Waals surface area contributed by atoms with E-state index in [1.165, 1.54) is 18.2 Å². The molecule has 3 N–H and O–H groups in total. The molecule has 0 amide bonds. The van der Waals surface area contributed by atoms with Crippen molar-refractivity contribution in [2.45, 2.75) is 9.79 Å². The van der Waals surface area contributed by atoms with Gasteiger partial charge >= 0.3 is 29.6 Å². The molecular weight excluding hydrogens is 317 g/mol. The number of hydrogen-bond acceptors (Lipinski definition) is 6. The monoisotopic (exact) mass is 325 g/mol. The van der Waals surface area contributed by atoms with Gasteiger partial charge in [-0.1, -0.05) is 6.07 Å². The molecule has 0 saturated carbocycles. The summed E-state index contributed by atoms with van der Waals surface area (Å²) in [6, 6.07) is 5.66. The van der Waals surface area contributed by atoms with E-state index in [1.807, 2.05) is 0 Å². The maximum atomic E-state index is 11.3. The van der Waals surface area contributed by atoms with Crippen molar-refractivity contribution in [3.05, 3.63) is 30.3 Å². The first kappa shape index (κ1) is 17.4. The first-order chi connectivity index (χ1) is 8.59. The van der Waals surface area contributed by atoms with Crippen molar-refractivity contribution in [3.8, 4) is 0 Å². The second-order valence-corrected chi connectivity index (χ2v) is 6.60. The van der Waals surface area contributed by atoms with Crippen molar-refractivity contribution < 1.29 is 55.5 Å². The molecule has 0 bridgehead atoms. The van der Waals surface area contributed by atoms with E-state index < -0.39 is 30.0 Å². The van der Waals surface area contributed by atoms with E-state index in [0.29, 0.717) is 6.07 Å². The Morgan fingerprint density at radius 3 is 2.15 bits per heavy atom. The predicted octanol–water partition coefficient (Wildman–Crippen LogP) is -2.42. The summed E-state index contributed by atoms with van der Waals surface area (Å²) in [5, 5.41) is 0.202. The number of benzene rings is 2. The molecule has 10 heteroatoms. The zero-order valence-corrected chi connectivity index (χ0v) is 13.9. The van der Waals surface area contributed by atoms with Crippen LogP contribution in [0.3, 0.4) is 0 Å². The van der Waals surface area contributed by atoms with Crippen molar-refractivity contribution in [1.29, 1.82) is 0 Å². The van der Waals surface area contributed by atoms with E-state index in [-0.39, 0.29) is 46.0 Å². The van der Waals surface area contributed by atoms with Crippen LogP contribution in [0.1, 0.15) is 0 Å². The van der Waals surface area contributed by atoms with E-state index in [4.69, 9.17) is 10.3 Å². The zero-order chi connectivity index (χ0) is 14.4. The maximum Gasteiger partial charge on any atom is 1.00 e. The summed E-state index contributed by atoms with van der Waals surface area (Å²) in [5.41, 5.74) is 5.74. The van der Waals surface area contributed by atoms with Crippen LogP contribution in [-0.4, -0.2) is 25.9 Å². The van der Waals surface area contributed by atoms with E-state index in [2.05, 4.69) is 0 Å². The van der Waals surface area contributed by atoms with Gasteiger partial charge < -0.3 is 10.3 Å². The van der Waals surface area contributed by atoms with Crippen LogP contribution in [0, 0.1) is 0 Å². The number of nitrogens with two attached hydrogens (primary N) is 1. The third-order valence-corrected chi connectivity index (χ3v) is 4.19. The minimum absolute atomic E-state index is 0. The molecule has 0 saturated heterocycles. The average Bonchev–Trinajstić information content (AvgIpc) is 2.24. The fourth-order valence-corrected chi connectivity index (χ4v) is 3.01. The Morgan fingerprint density at radius 1 is 1.05 bits per heavy atom. The van der Waals surface area contributed by atoms with Gasteiger partial charge in [0.25, 0.3) is 10.1 Å². The number of rotatable bonds is 2. The Kier molecular flexibility index (Phi) is 4.87. The fourth-order valence-electron chi connectivity index (χ4n) is 1.67. The molecule has 7 nitrogen and oxygen atoms in total. The van der Waals surface area contributed by atoms with Gasteiger partial charge in [0.1, 0.15) is 15.0 Å². The number of nitrogen functional groups attached to an aromatic ring is 1. The molecule has 20 heavy (non-hydrogen) atoms. The number of anilines is 1. The van der Waals surface area contributed by atoms with Gasteiger partial charge in [-0.05, 0) is 29.7 Å². The molecule has 0 unspecified atom stereocenters. The Morgan fingerprint density at radius 2 is 1.65 bits per heavy atom. The van der Waals surface area contributed by atoms with Crippen LogP contribution in [0.25, 0.3) is 10.8 Å². The standard InChI is InChI=1S/C10H9NO6S2.Na/c11-7-2-1-6-3-8(18(12,13)14)5-10(9(6)4-7)19(15,16)17;/h1-5H,11H2,(H,12,13,14)(H,15,16,17);/q;+1/p-1. The molecule has 0 spiro atoms. The molecule has 2 aromatic rings. The third-order valence-electron chi connectivity index (χ3n) is 2.48. The third kappa shape index (κ3) is 3.50. The Labute approximate surface area is 137 Å². The normalized spacial score (nSPS) is 12.1. The Bertz CT molecular complexity index is 876. The fraction of sp³-hybridized carbons (Fsp3) is 0. The van der Waals surface area contributed by atoms with Crippen molar-refractivity contribution in [2.24, 2.45) is 0 Å². The van der Waals surface area contributed by atoms with Crippen LogP contribution in [0.4, 0.5) is 5.69 Å². The van der Waals surface area contributed by atoms with Gasteiger partial charge in [-0.25, -0.2) is 8.42 Å². The van der Waals surface area contributed by atoms with Crippen LogP contribution in [0.2, 0.25) is 0 Å². The second-order valence-electron chi connectivity index (χ2n) is 3.83. The average molecular weight is 325 g/mol. The van der Waals surface area contributed by atoms with Gasteiger partial charge in [-0.3, -0.25) is 4.55 Å². The van der Waals surface area contributed by atoms with Gasteiger partial charge in [0.05, 0.1) is 4.90 Å². The molecule has 0 aliphatic rings. The van der Waals surface area contributed by atoms with E-state index in [9.17, 15) is 21.4 Å². The molecular formula is C10H8NNaO6S2. The van der Waals surface area contributed by atoms with Crippen LogP contribution in [-0.2, 0) is 20.2 Å². The van der Waals surface area contributed by atoms with E-state index >= 15 is 0 Å².